The van der Waals surface area contributed by atoms with Gasteiger partial charge in [-0.05, 0) is 23.8 Å². The van der Waals surface area contributed by atoms with E-state index in [0.29, 0.717) is 39.1 Å². The van der Waals surface area contributed by atoms with E-state index in [2.05, 4.69) is 30.6 Å². The van der Waals surface area contributed by atoms with E-state index in [9.17, 15) is 9.90 Å². The molecule has 0 unspecified atom stereocenters. The molecule has 1 aromatic rings. The normalized spacial score (nSPS) is 17.0. The number of amides is 1. The van der Waals surface area contributed by atoms with E-state index in [-0.39, 0.29) is 12.2 Å². The third-order valence-electron chi connectivity index (χ3n) is 4.98. The minimum atomic E-state index is -0.816. The quantitative estimate of drug-likeness (QED) is 0.503. The number of benzene rings is 1. The first-order valence-electron chi connectivity index (χ1n) is 10.3. The molecule has 1 aliphatic rings. The molecule has 1 saturated heterocycles. The van der Waals surface area contributed by atoms with Crippen LogP contribution in [0.3, 0.4) is 0 Å². The maximum absolute atomic E-state index is 12.4. The van der Waals surface area contributed by atoms with Crippen LogP contribution in [0, 0.1) is 16.7 Å². The van der Waals surface area contributed by atoms with Gasteiger partial charge < -0.3 is 30.0 Å². The summed E-state index contributed by atoms with van der Waals surface area (Å²) >= 11 is 0. The third kappa shape index (κ3) is 9.09. The minimum Gasteiger partial charge on any atom is -0.441 e. The number of carbonyl (C=O) groups excluding carboxylic acids is 1. The summed E-state index contributed by atoms with van der Waals surface area (Å²) in [5, 5.41) is 25.6. The molecule has 2 rings (SSSR count). The van der Waals surface area contributed by atoms with Gasteiger partial charge in [0.25, 0.3) is 0 Å². The highest BCUT2D eigenvalue weighted by Crippen LogP contribution is 2.20. The number of nitriles is 1. The SMILES string of the molecule is CC(C)(CCC#N)CNC[C@@H](O)[C@H](Cc1ccccc1)NC(=O)OC1COCOC1. The van der Waals surface area contributed by atoms with Crippen LogP contribution in [0.25, 0.3) is 0 Å². The van der Waals surface area contributed by atoms with Gasteiger partial charge in [-0.15, -0.1) is 0 Å². The van der Waals surface area contributed by atoms with Crippen molar-refractivity contribution in [2.75, 3.05) is 33.1 Å². The molecule has 1 heterocycles. The first kappa shape index (κ1) is 24.1. The number of nitrogens with zero attached hydrogens (tertiary/aromatic N) is 1. The third-order valence-corrected chi connectivity index (χ3v) is 4.98. The van der Waals surface area contributed by atoms with Gasteiger partial charge in [0, 0.05) is 19.5 Å². The van der Waals surface area contributed by atoms with E-state index in [4.69, 9.17) is 19.5 Å². The molecule has 8 nitrogen and oxygen atoms in total. The van der Waals surface area contributed by atoms with Crippen LogP contribution in [0.5, 0.6) is 0 Å². The Morgan fingerprint density at radius 1 is 1.33 bits per heavy atom. The van der Waals surface area contributed by atoms with Gasteiger partial charge in [-0.2, -0.15) is 5.26 Å². The largest absolute Gasteiger partial charge is 0.441 e. The van der Waals surface area contributed by atoms with E-state index in [1.165, 1.54) is 0 Å². The maximum Gasteiger partial charge on any atom is 0.407 e. The van der Waals surface area contributed by atoms with Crippen LogP contribution in [0.2, 0.25) is 0 Å². The summed E-state index contributed by atoms with van der Waals surface area (Å²) in [6.45, 7) is 5.91. The molecule has 1 aromatic carbocycles. The Morgan fingerprint density at radius 3 is 2.70 bits per heavy atom. The molecule has 1 amide bonds. The van der Waals surface area contributed by atoms with Gasteiger partial charge in [0.2, 0.25) is 0 Å². The standard InChI is InChI=1S/C22H33N3O5/c1-22(2,9-6-10-23)15-24-12-20(26)19(11-17-7-4-3-5-8-17)25-21(27)30-18-13-28-16-29-14-18/h3-5,7-8,18-20,24,26H,6,9,11-16H2,1-2H3,(H,25,27)/t19-,20+/m0/s1. The van der Waals surface area contributed by atoms with Crippen molar-refractivity contribution in [3.05, 3.63) is 35.9 Å². The summed E-state index contributed by atoms with van der Waals surface area (Å²) in [6, 6.07) is 11.3. The number of ether oxygens (including phenoxy) is 3. The Bertz CT molecular complexity index is 671. The minimum absolute atomic E-state index is 0.0578. The topological polar surface area (TPSA) is 113 Å². The van der Waals surface area contributed by atoms with E-state index in [1.807, 2.05) is 30.3 Å². The summed E-state index contributed by atoms with van der Waals surface area (Å²) in [5.74, 6) is 0. The fraction of sp³-hybridized carbons (Fsp3) is 0.636. The number of carbonyl (C=O) groups is 1. The lowest BCUT2D eigenvalue weighted by Crippen LogP contribution is -2.50. The van der Waals surface area contributed by atoms with Crippen molar-refractivity contribution in [3.8, 4) is 6.07 Å². The smallest absolute Gasteiger partial charge is 0.407 e. The first-order chi connectivity index (χ1) is 14.4. The lowest BCUT2D eigenvalue weighted by Gasteiger charge is -2.29. The monoisotopic (exact) mass is 419 g/mol. The second-order valence-electron chi connectivity index (χ2n) is 8.35. The van der Waals surface area contributed by atoms with Gasteiger partial charge in [0.05, 0.1) is 31.4 Å². The van der Waals surface area contributed by atoms with Crippen molar-refractivity contribution >= 4 is 6.09 Å². The Balaban J connectivity index is 1.90. The molecule has 0 bridgehead atoms. The van der Waals surface area contributed by atoms with Crippen LogP contribution >= 0.6 is 0 Å². The van der Waals surface area contributed by atoms with Crippen LogP contribution in [-0.2, 0) is 20.6 Å². The molecule has 1 aliphatic heterocycles. The molecule has 0 spiro atoms. The van der Waals surface area contributed by atoms with E-state index in [1.54, 1.807) is 0 Å². The predicted molar refractivity (Wildman–Crippen MR) is 112 cm³/mol. The predicted octanol–water partition coefficient (Wildman–Crippen LogP) is 1.98. The average Bonchev–Trinajstić information content (AvgIpc) is 2.73. The fourth-order valence-electron chi connectivity index (χ4n) is 3.21. The second kappa shape index (κ2) is 12.5. The van der Waals surface area contributed by atoms with Gasteiger partial charge in [0.15, 0.2) is 6.10 Å². The van der Waals surface area contributed by atoms with Crippen LogP contribution in [0.4, 0.5) is 4.79 Å². The molecule has 0 aromatic heterocycles. The van der Waals surface area contributed by atoms with Crippen molar-refractivity contribution in [3.63, 3.8) is 0 Å². The summed E-state index contributed by atoms with van der Waals surface area (Å²) < 4.78 is 15.6. The number of aliphatic hydroxyl groups is 1. The molecule has 0 saturated carbocycles. The number of alkyl carbamates (subject to hydrolysis) is 1. The van der Waals surface area contributed by atoms with Crippen molar-refractivity contribution in [2.24, 2.45) is 5.41 Å². The highest BCUT2D eigenvalue weighted by molar-refractivity contribution is 5.68. The van der Waals surface area contributed by atoms with Crippen LogP contribution < -0.4 is 10.6 Å². The lowest BCUT2D eigenvalue weighted by molar-refractivity contribution is -0.151. The van der Waals surface area contributed by atoms with Gasteiger partial charge in [-0.25, -0.2) is 4.79 Å². The van der Waals surface area contributed by atoms with Gasteiger partial charge in [-0.1, -0.05) is 44.2 Å². The molecule has 0 aliphatic carbocycles. The van der Waals surface area contributed by atoms with Crippen molar-refractivity contribution < 1.29 is 24.1 Å². The Hall–Kier alpha value is -2.18. The van der Waals surface area contributed by atoms with E-state index < -0.39 is 24.3 Å². The molecule has 30 heavy (non-hydrogen) atoms. The molecular weight excluding hydrogens is 386 g/mol. The summed E-state index contributed by atoms with van der Waals surface area (Å²) in [4.78, 5) is 12.4. The zero-order chi connectivity index (χ0) is 21.8. The Morgan fingerprint density at radius 2 is 2.03 bits per heavy atom. The zero-order valence-corrected chi connectivity index (χ0v) is 17.8. The summed E-state index contributed by atoms with van der Waals surface area (Å²) in [5.41, 5.74) is 0.943. The second-order valence-corrected chi connectivity index (χ2v) is 8.35. The van der Waals surface area contributed by atoms with Gasteiger partial charge in [-0.3, -0.25) is 0 Å². The molecule has 166 valence electrons. The highest BCUT2D eigenvalue weighted by atomic mass is 16.7. The number of nitrogens with one attached hydrogen (secondary N) is 2. The first-order valence-corrected chi connectivity index (χ1v) is 10.3. The van der Waals surface area contributed by atoms with Crippen molar-refractivity contribution in [1.29, 1.82) is 5.26 Å². The summed E-state index contributed by atoms with van der Waals surface area (Å²) in [6.07, 6.45) is -0.153. The highest BCUT2D eigenvalue weighted by Gasteiger charge is 2.26. The number of rotatable bonds is 11. The number of aliphatic hydroxyl groups excluding tert-OH is 1. The van der Waals surface area contributed by atoms with Gasteiger partial charge in [0.1, 0.15) is 6.79 Å². The fourth-order valence-corrected chi connectivity index (χ4v) is 3.21. The van der Waals surface area contributed by atoms with Crippen LogP contribution in [0.15, 0.2) is 30.3 Å². The molecule has 1 fully saturated rings. The van der Waals surface area contributed by atoms with Gasteiger partial charge >= 0.3 is 6.09 Å². The molecule has 0 radical (unpaired) electrons. The molecular formula is C22H33N3O5. The van der Waals surface area contributed by atoms with E-state index in [0.717, 1.165) is 12.0 Å². The average molecular weight is 420 g/mol. The van der Waals surface area contributed by atoms with E-state index >= 15 is 0 Å². The Labute approximate surface area is 178 Å². The maximum atomic E-state index is 12.4. The Kier molecular flexibility index (Phi) is 10.0. The zero-order valence-electron chi connectivity index (χ0n) is 17.8. The lowest BCUT2D eigenvalue weighted by atomic mass is 9.88. The van der Waals surface area contributed by atoms with Crippen molar-refractivity contribution in [1.82, 2.24) is 10.6 Å². The number of hydrogen-bond acceptors (Lipinski definition) is 7. The summed E-state index contributed by atoms with van der Waals surface area (Å²) in [7, 11) is 0. The van der Waals surface area contributed by atoms with Crippen LogP contribution in [-0.4, -0.2) is 62.5 Å². The molecule has 8 heteroatoms. The molecule has 3 N–H and O–H groups in total. The van der Waals surface area contributed by atoms with Crippen LogP contribution in [0.1, 0.15) is 32.3 Å². The van der Waals surface area contributed by atoms with Crippen molar-refractivity contribution in [2.45, 2.75) is 51.4 Å². The molecule has 2 atom stereocenters. The number of hydrogen-bond donors (Lipinski definition) is 3.